The number of fused-ring (bicyclic) bond motifs is 1. The summed E-state index contributed by atoms with van der Waals surface area (Å²) in [5.74, 6) is 0. The molecule has 1 aromatic heterocycles. The second kappa shape index (κ2) is 4.90. The normalized spacial score (nSPS) is 12.2. The summed E-state index contributed by atoms with van der Waals surface area (Å²) in [6.07, 6.45) is 2.72. The first-order chi connectivity index (χ1) is 8.12. The van der Waals surface area contributed by atoms with Crippen LogP contribution in [-0.4, -0.2) is 23.8 Å². The molecule has 0 saturated heterocycles. The van der Waals surface area contributed by atoms with Gasteiger partial charge in [-0.15, -0.1) is 0 Å². The molecule has 1 heterocycles. The van der Waals surface area contributed by atoms with Crippen LogP contribution in [0.15, 0.2) is 34.9 Å². The van der Waals surface area contributed by atoms with Crippen LogP contribution in [0.4, 0.5) is 0 Å². The summed E-state index contributed by atoms with van der Waals surface area (Å²) in [6, 6.07) is 8.05. The molecule has 1 aromatic carbocycles. The smallest absolute Gasteiger partial charge is 0.134 e. The molecule has 3 heteroatoms. The molecule has 3 nitrogen and oxygen atoms in total. The van der Waals surface area contributed by atoms with Crippen LogP contribution in [0.3, 0.4) is 0 Å². The maximum atomic E-state index is 9.14. The Kier molecular flexibility index (Phi) is 3.50. The number of benzene rings is 1. The summed E-state index contributed by atoms with van der Waals surface area (Å²) in [7, 11) is 0. The van der Waals surface area contributed by atoms with E-state index in [0.717, 1.165) is 18.5 Å². The van der Waals surface area contributed by atoms with E-state index in [0.29, 0.717) is 0 Å². The highest BCUT2D eigenvalue weighted by Crippen LogP contribution is 2.20. The van der Waals surface area contributed by atoms with Crippen molar-refractivity contribution in [3.8, 4) is 0 Å². The molecule has 0 amide bonds. The highest BCUT2D eigenvalue weighted by Gasteiger charge is 2.14. The summed E-state index contributed by atoms with van der Waals surface area (Å²) >= 11 is 0. The lowest BCUT2D eigenvalue weighted by Gasteiger charge is -2.23. The second-order valence-corrected chi connectivity index (χ2v) is 4.98. The number of furan rings is 1. The highest BCUT2D eigenvalue weighted by atomic mass is 16.3. The topological polar surface area (TPSA) is 45.4 Å². The van der Waals surface area contributed by atoms with Crippen molar-refractivity contribution in [2.75, 3.05) is 13.2 Å². The third-order valence-corrected chi connectivity index (χ3v) is 2.95. The number of hydrogen-bond acceptors (Lipinski definition) is 3. The van der Waals surface area contributed by atoms with Crippen molar-refractivity contribution < 1.29 is 9.52 Å². The molecule has 0 atom stereocenters. The van der Waals surface area contributed by atoms with Crippen LogP contribution in [0, 0.1) is 0 Å². The molecule has 0 unspecified atom stereocenters. The van der Waals surface area contributed by atoms with E-state index >= 15 is 0 Å². The van der Waals surface area contributed by atoms with Gasteiger partial charge in [0.05, 0.1) is 12.9 Å². The zero-order valence-corrected chi connectivity index (χ0v) is 10.4. The van der Waals surface area contributed by atoms with Gasteiger partial charge in [0.25, 0.3) is 0 Å². The molecule has 0 aliphatic carbocycles. The van der Waals surface area contributed by atoms with Crippen LogP contribution in [-0.2, 0) is 6.42 Å². The minimum Gasteiger partial charge on any atom is -0.464 e. The average molecular weight is 233 g/mol. The molecule has 0 aliphatic heterocycles. The molecule has 2 rings (SSSR count). The Hall–Kier alpha value is -1.32. The van der Waals surface area contributed by atoms with Gasteiger partial charge in [-0.25, -0.2) is 0 Å². The van der Waals surface area contributed by atoms with Crippen LogP contribution in [0.5, 0.6) is 0 Å². The summed E-state index contributed by atoms with van der Waals surface area (Å²) in [5, 5.41) is 13.6. The minimum atomic E-state index is -0.223. The first kappa shape index (κ1) is 12.1. The lowest BCUT2D eigenvalue weighted by atomic mass is 10.1. The van der Waals surface area contributed by atoms with Crippen molar-refractivity contribution in [2.24, 2.45) is 0 Å². The van der Waals surface area contributed by atoms with Crippen LogP contribution >= 0.6 is 0 Å². The second-order valence-electron chi connectivity index (χ2n) is 4.98. The quantitative estimate of drug-likeness (QED) is 0.833. The first-order valence-electron chi connectivity index (χ1n) is 5.93. The molecule has 0 fully saturated rings. The Labute approximate surface area is 101 Å². The first-order valence-corrected chi connectivity index (χ1v) is 5.93. The number of nitrogens with one attached hydrogen (secondary N) is 1. The average Bonchev–Trinajstić information content (AvgIpc) is 2.73. The van der Waals surface area contributed by atoms with Crippen molar-refractivity contribution in [3.05, 3.63) is 36.1 Å². The minimum absolute atomic E-state index is 0.138. The zero-order chi connectivity index (χ0) is 12.3. The van der Waals surface area contributed by atoms with E-state index in [9.17, 15) is 0 Å². The molecule has 2 aromatic rings. The molecular weight excluding hydrogens is 214 g/mol. The Morgan fingerprint density at radius 3 is 2.82 bits per heavy atom. The zero-order valence-electron chi connectivity index (χ0n) is 10.4. The fraction of sp³-hybridized carbons (Fsp3) is 0.429. The molecule has 0 saturated carbocycles. The Morgan fingerprint density at radius 2 is 2.06 bits per heavy atom. The number of aliphatic hydroxyl groups is 1. The van der Waals surface area contributed by atoms with Gasteiger partial charge in [0.2, 0.25) is 0 Å². The molecule has 0 radical (unpaired) electrons. The predicted octanol–water partition coefficient (Wildman–Crippen LogP) is 2.34. The number of rotatable bonds is 5. The fourth-order valence-electron chi connectivity index (χ4n) is 1.82. The Balaban J connectivity index is 2.00. The monoisotopic (exact) mass is 233 g/mol. The van der Waals surface area contributed by atoms with Gasteiger partial charge in [-0.3, -0.25) is 0 Å². The number of aliphatic hydroxyl groups excluding tert-OH is 1. The Morgan fingerprint density at radius 1 is 1.29 bits per heavy atom. The lowest BCUT2D eigenvalue weighted by molar-refractivity contribution is 0.189. The third-order valence-electron chi connectivity index (χ3n) is 2.95. The van der Waals surface area contributed by atoms with Crippen molar-refractivity contribution in [2.45, 2.75) is 25.8 Å². The van der Waals surface area contributed by atoms with Gasteiger partial charge < -0.3 is 14.8 Å². The van der Waals surface area contributed by atoms with Gasteiger partial charge in [0.1, 0.15) is 5.58 Å². The SMILES string of the molecule is CC(C)(CO)NCCc1coc2ccccc12. The van der Waals surface area contributed by atoms with E-state index < -0.39 is 0 Å². The van der Waals surface area contributed by atoms with Crippen molar-refractivity contribution in [1.29, 1.82) is 0 Å². The molecule has 92 valence electrons. The third kappa shape index (κ3) is 2.87. The van der Waals surface area contributed by atoms with Crippen LogP contribution in [0.1, 0.15) is 19.4 Å². The predicted molar refractivity (Wildman–Crippen MR) is 69.1 cm³/mol. The van der Waals surface area contributed by atoms with E-state index in [1.807, 2.05) is 38.3 Å². The van der Waals surface area contributed by atoms with Gasteiger partial charge in [-0.05, 0) is 38.4 Å². The molecule has 17 heavy (non-hydrogen) atoms. The Bertz CT molecular complexity index is 488. The van der Waals surface area contributed by atoms with E-state index in [4.69, 9.17) is 9.52 Å². The van der Waals surface area contributed by atoms with E-state index in [-0.39, 0.29) is 12.1 Å². The molecular formula is C14H19NO2. The van der Waals surface area contributed by atoms with Gasteiger partial charge in [0, 0.05) is 10.9 Å². The standard InChI is InChI=1S/C14H19NO2/c1-14(2,10-16)15-8-7-11-9-17-13-6-4-3-5-12(11)13/h3-6,9,15-16H,7-8,10H2,1-2H3. The summed E-state index contributed by atoms with van der Waals surface area (Å²) in [4.78, 5) is 0. The number of para-hydroxylation sites is 1. The summed E-state index contributed by atoms with van der Waals surface area (Å²) < 4.78 is 5.48. The largest absolute Gasteiger partial charge is 0.464 e. The maximum Gasteiger partial charge on any atom is 0.134 e. The van der Waals surface area contributed by atoms with Crippen molar-refractivity contribution in [1.82, 2.24) is 5.32 Å². The van der Waals surface area contributed by atoms with Crippen molar-refractivity contribution in [3.63, 3.8) is 0 Å². The van der Waals surface area contributed by atoms with E-state index in [1.54, 1.807) is 0 Å². The molecule has 2 N–H and O–H groups in total. The van der Waals surface area contributed by atoms with E-state index in [1.165, 1.54) is 10.9 Å². The van der Waals surface area contributed by atoms with E-state index in [2.05, 4.69) is 11.4 Å². The summed E-state index contributed by atoms with van der Waals surface area (Å²) in [5.41, 5.74) is 1.92. The van der Waals surface area contributed by atoms with Crippen molar-refractivity contribution >= 4 is 11.0 Å². The molecule has 0 bridgehead atoms. The molecule has 0 spiro atoms. The van der Waals surface area contributed by atoms with Crippen LogP contribution < -0.4 is 5.32 Å². The fourth-order valence-corrected chi connectivity index (χ4v) is 1.82. The highest BCUT2D eigenvalue weighted by molar-refractivity contribution is 5.80. The molecule has 0 aliphatic rings. The van der Waals surface area contributed by atoms with Gasteiger partial charge in [-0.1, -0.05) is 18.2 Å². The maximum absolute atomic E-state index is 9.14. The summed E-state index contributed by atoms with van der Waals surface area (Å²) in [6.45, 7) is 4.94. The number of hydrogen-bond donors (Lipinski definition) is 2. The van der Waals surface area contributed by atoms with Gasteiger partial charge in [0.15, 0.2) is 0 Å². The van der Waals surface area contributed by atoms with Gasteiger partial charge in [-0.2, -0.15) is 0 Å². The van der Waals surface area contributed by atoms with Gasteiger partial charge >= 0.3 is 0 Å². The lowest BCUT2D eigenvalue weighted by Crippen LogP contribution is -2.43. The van der Waals surface area contributed by atoms with Crippen LogP contribution in [0.2, 0.25) is 0 Å². The van der Waals surface area contributed by atoms with Crippen LogP contribution in [0.25, 0.3) is 11.0 Å².